The van der Waals surface area contributed by atoms with Crippen LogP contribution in [-0.4, -0.2) is 55.2 Å². The van der Waals surface area contributed by atoms with E-state index in [4.69, 9.17) is 4.74 Å². The Hall–Kier alpha value is -1.75. The summed E-state index contributed by atoms with van der Waals surface area (Å²) in [7, 11) is 1.65. The minimum atomic E-state index is 0.0336. The van der Waals surface area contributed by atoms with Gasteiger partial charge in [0.2, 0.25) is 0 Å². The number of urea groups is 1. The molecule has 1 atom stereocenters. The summed E-state index contributed by atoms with van der Waals surface area (Å²) in [6.45, 7) is 4.26. The highest BCUT2D eigenvalue weighted by Gasteiger charge is 2.28. The molecule has 2 aliphatic heterocycles. The summed E-state index contributed by atoms with van der Waals surface area (Å²) < 4.78 is 5.17. The first-order valence-electron chi connectivity index (χ1n) is 9.20. The number of nitrogens with zero attached hydrogens (tertiary/aromatic N) is 2. The molecular formula is C19H29N3O2. The SMILES string of the molecule is COc1ccc(NC(=O)N2CCCCC[C@@H]2CN2CCCC2)cc1. The normalized spacial score (nSPS) is 22.2. The topological polar surface area (TPSA) is 44.8 Å². The lowest BCUT2D eigenvalue weighted by Crippen LogP contribution is -2.47. The molecule has 1 N–H and O–H groups in total. The van der Waals surface area contributed by atoms with Crippen molar-refractivity contribution in [3.8, 4) is 5.75 Å². The summed E-state index contributed by atoms with van der Waals surface area (Å²) in [5.74, 6) is 0.801. The Morgan fingerprint density at radius 3 is 2.50 bits per heavy atom. The van der Waals surface area contributed by atoms with Crippen molar-refractivity contribution >= 4 is 11.7 Å². The molecule has 0 aromatic heterocycles. The van der Waals surface area contributed by atoms with E-state index in [0.29, 0.717) is 6.04 Å². The molecule has 2 heterocycles. The molecule has 0 unspecified atom stereocenters. The molecule has 2 saturated heterocycles. The Balaban J connectivity index is 1.64. The average Bonchev–Trinajstić information content (AvgIpc) is 3.00. The van der Waals surface area contributed by atoms with Crippen molar-refractivity contribution in [3.05, 3.63) is 24.3 Å². The van der Waals surface area contributed by atoms with Crippen LogP contribution in [0.25, 0.3) is 0 Å². The highest BCUT2D eigenvalue weighted by Crippen LogP contribution is 2.22. The number of methoxy groups -OCH3 is 1. The van der Waals surface area contributed by atoms with Gasteiger partial charge in [-0.15, -0.1) is 0 Å². The molecule has 0 bridgehead atoms. The van der Waals surface area contributed by atoms with Crippen LogP contribution >= 0.6 is 0 Å². The van der Waals surface area contributed by atoms with Gasteiger partial charge in [0.25, 0.3) is 0 Å². The molecule has 2 fully saturated rings. The predicted molar refractivity (Wildman–Crippen MR) is 96.6 cm³/mol. The van der Waals surface area contributed by atoms with Gasteiger partial charge < -0.3 is 19.9 Å². The van der Waals surface area contributed by atoms with E-state index in [1.54, 1.807) is 7.11 Å². The number of benzene rings is 1. The molecule has 132 valence electrons. The third-order valence-electron chi connectivity index (χ3n) is 5.15. The second kappa shape index (κ2) is 8.38. The van der Waals surface area contributed by atoms with E-state index in [1.165, 1.54) is 38.8 Å². The highest BCUT2D eigenvalue weighted by atomic mass is 16.5. The number of ether oxygens (including phenoxy) is 1. The Labute approximate surface area is 145 Å². The molecule has 24 heavy (non-hydrogen) atoms. The number of anilines is 1. The largest absolute Gasteiger partial charge is 0.497 e. The van der Waals surface area contributed by atoms with Gasteiger partial charge >= 0.3 is 6.03 Å². The fourth-order valence-electron chi connectivity index (χ4n) is 3.77. The van der Waals surface area contributed by atoms with Crippen LogP contribution in [0.1, 0.15) is 38.5 Å². The van der Waals surface area contributed by atoms with Crippen LogP contribution in [0.4, 0.5) is 10.5 Å². The Kier molecular flexibility index (Phi) is 5.96. The first-order valence-corrected chi connectivity index (χ1v) is 9.20. The maximum absolute atomic E-state index is 12.8. The van der Waals surface area contributed by atoms with Crippen molar-refractivity contribution in [2.45, 2.75) is 44.6 Å². The Bertz CT molecular complexity index is 526. The van der Waals surface area contributed by atoms with Gasteiger partial charge in [0.1, 0.15) is 5.75 Å². The van der Waals surface area contributed by atoms with Gasteiger partial charge in [0, 0.05) is 24.8 Å². The lowest BCUT2D eigenvalue weighted by atomic mass is 10.1. The third kappa shape index (κ3) is 4.41. The molecule has 5 heteroatoms. The van der Waals surface area contributed by atoms with Crippen molar-refractivity contribution < 1.29 is 9.53 Å². The van der Waals surface area contributed by atoms with Gasteiger partial charge in [-0.2, -0.15) is 0 Å². The lowest BCUT2D eigenvalue weighted by molar-refractivity contribution is 0.164. The zero-order valence-electron chi connectivity index (χ0n) is 14.7. The smallest absolute Gasteiger partial charge is 0.322 e. The van der Waals surface area contributed by atoms with E-state index in [-0.39, 0.29) is 6.03 Å². The molecule has 0 radical (unpaired) electrons. The standard InChI is InChI=1S/C19H29N3O2/c1-24-18-10-8-16(9-11-18)20-19(23)22-14-4-2-3-7-17(22)15-21-12-5-6-13-21/h8-11,17H,2-7,12-15H2,1H3,(H,20,23)/t17-/m1/s1. The van der Waals surface area contributed by atoms with E-state index >= 15 is 0 Å². The lowest BCUT2D eigenvalue weighted by Gasteiger charge is -2.33. The van der Waals surface area contributed by atoms with Crippen LogP contribution in [0.15, 0.2) is 24.3 Å². The minimum Gasteiger partial charge on any atom is -0.497 e. The van der Waals surface area contributed by atoms with Crippen molar-refractivity contribution in [2.75, 3.05) is 38.6 Å². The Morgan fingerprint density at radius 1 is 1.08 bits per heavy atom. The zero-order chi connectivity index (χ0) is 16.8. The first-order chi connectivity index (χ1) is 11.8. The number of rotatable bonds is 4. The van der Waals surface area contributed by atoms with Gasteiger partial charge in [0.15, 0.2) is 0 Å². The van der Waals surface area contributed by atoms with Crippen molar-refractivity contribution in [1.29, 1.82) is 0 Å². The maximum Gasteiger partial charge on any atom is 0.322 e. The predicted octanol–water partition coefficient (Wildman–Crippen LogP) is 3.57. The van der Waals surface area contributed by atoms with E-state index in [9.17, 15) is 4.79 Å². The number of hydrogen-bond donors (Lipinski definition) is 1. The van der Waals surface area contributed by atoms with Crippen molar-refractivity contribution in [2.24, 2.45) is 0 Å². The van der Waals surface area contributed by atoms with Crippen molar-refractivity contribution in [3.63, 3.8) is 0 Å². The number of carbonyl (C=O) groups is 1. The van der Waals surface area contributed by atoms with Crippen molar-refractivity contribution in [1.82, 2.24) is 9.80 Å². The summed E-state index contributed by atoms with van der Waals surface area (Å²) in [5, 5.41) is 3.06. The van der Waals surface area contributed by atoms with Gasteiger partial charge in [-0.25, -0.2) is 4.79 Å². The molecule has 2 aliphatic rings. The molecule has 1 aromatic carbocycles. The van der Waals surface area contributed by atoms with E-state index in [1.807, 2.05) is 24.3 Å². The van der Waals surface area contributed by atoms with Crippen LogP contribution in [-0.2, 0) is 0 Å². The third-order valence-corrected chi connectivity index (χ3v) is 5.15. The number of carbonyl (C=O) groups excluding carboxylic acids is 1. The van der Waals surface area contributed by atoms with Crippen LogP contribution in [0.5, 0.6) is 5.75 Å². The molecule has 3 rings (SSSR count). The first kappa shape index (κ1) is 17.1. The maximum atomic E-state index is 12.8. The molecular weight excluding hydrogens is 302 g/mol. The quantitative estimate of drug-likeness (QED) is 0.917. The van der Waals surface area contributed by atoms with Gasteiger partial charge in [0.05, 0.1) is 7.11 Å². The summed E-state index contributed by atoms with van der Waals surface area (Å²) in [6.07, 6.45) is 7.27. The van der Waals surface area contributed by atoms with Gasteiger partial charge in [-0.3, -0.25) is 0 Å². The number of nitrogens with one attached hydrogen (secondary N) is 1. The van der Waals surface area contributed by atoms with Gasteiger partial charge in [-0.05, 0) is 63.0 Å². The molecule has 0 aliphatic carbocycles. The van der Waals surface area contributed by atoms with Crippen LogP contribution in [0.2, 0.25) is 0 Å². The molecule has 0 spiro atoms. The molecule has 2 amide bonds. The molecule has 1 aromatic rings. The number of likely N-dealkylation sites (tertiary alicyclic amines) is 2. The summed E-state index contributed by atoms with van der Waals surface area (Å²) in [6, 6.07) is 7.91. The average molecular weight is 331 g/mol. The minimum absolute atomic E-state index is 0.0336. The Morgan fingerprint density at radius 2 is 1.79 bits per heavy atom. The van der Waals surface area contributed by atoms with E-state index in [2.05, 4.69) is 15.1 Å². The van der Waals surface area contributed by atoms with Gasteiger partial charge in [-0.1, -0.05) is 12.8 Å². The van der Waals surface area contributed by atoms with Crippen LogP contribution < -0.4 is 10.1 Å². The molecule has 0 saturated carbocycles. The fourth-order valence-corrected chi connectivity index (χ4v) is 3.77. The highest BCUT2D eigenvalue weighted by molar-refractivity contribution is 5.89. The number of hydrogen-bond acceptors (Lipinski definition) is 3. The van der Waals surface area contributed by atoms with E-state index in [0.717, 1.165) is 37.4 Å². The molecule has 5 nitrogen and oxygen atoms in total. The zero-order valence-corrected chi connectivity index (χ0v) is 14.7. The summed E-state index contributed by atoms with van der Waals surface area (Å²) in [5.41, 5.74) is 0.824. The van der Waals surface area contributed by atoms with Crippen LogP contribution in [0, 0.1) is 0 Å². The fraction of sp³-hybridized carbons (Fsp3) is 0.632. The monoisotopic (exact) mass is 331 g/mol. The second-order valence-corrected chi connectivity index (χ2v) is 6.86. The van der Waals surface area contributed by atoms with E-state index < -0.39 is 0 Å². The van der Waals surface area contributed by atoms with Crippen LogP contribution in [0.3, 0.4) is 0 Å². The second-order valence-electron chi connectivity index (χ2n) is 6.86. The summed E-state index contributed by atoms with van der Waals surface area (Å²) >= 11 is 0. The summed E-state index contributed by atoms with van der Waals surface area (Å²) in [4.78, 5) is 17.4. The number of amides is 2.